The Kier molecular flexibility index (Phi) is 5.01. The van der Waals surface area contributed by atoms with Gasteiger partial charge in [0.05, 0.1) is 0 Å². The molecular formula is C14H19ClO. The van der Waals surface area contributed by atoms with Crippen molar-refractivity contribution in [2.75, 3.05) is 0 Å². The molecule has 1 aromatic carbocycles. The molecule has 0 aliphatic rings. The molecule has 0 heterocycles. The highest BCUT2D eigenvalue weighted by Gasteiger charge is 2.12. The van der Waals surface area contributed by atoms with Crippen molar-refractivity contribution in [3.63, 3.8) is 0 Å². The van der Waals surface area contributed by atoms with E-state index in [9.17, 15) is 4.79 Å². The van der Waals surface area contributed by atoms with Gasteiger partial charge in [0.15, 0.2) is 5.78 Å². The number of ketones is 1. The molecule has 0 radical (unpaired) electrons. The van der Waals surface area contributed by atoms with Gasteiger partial charge in [0, 0.05) is 17.0 Å². The summed E-state index contributed by atoms with van der Waals surface area (Å²) in [6.45, 7) is 6.22. The van der Waals surface area contributed by atoms with Crippen LogP contribution in [0.2, 0.25) is 5.02 Å². The Morgan fingerprint density at radius 3 is 2.38 bits per heavy atom. The molecule has 0 saturated heterocycles. The van der Waals surface area contributed by atoms with E-state index in [0.717, 1.165) is 24.0 Å². The van der Waals surface area contributed by atoms with Gasteiger partial charge in [-0.25, -0.2) is 0 Å². The first kappa shape index (κ1) is 13.2. The molecule has 88 valence electrons. The number of carbonyl (C=O) groups is 1. The minimum Gasteiger partial charge on any atom is -0.294 e. The quantitative estimate of drug-likeness (QED) is 0.682. The van der Waals surface area contributed by atoms with Crippen LogP contribution in [0, 0.1) is 12.8 Å². The van der Waals surface area contributed by atoms with E-state index < -0.39 is 0 Å². The highest BCUT2D eigenvalue weighted by molar-refractivity contribution is 6.31. The first-order valence-electron chi connectivity index (χ1n) is 5.87. The topological polar surface area (TPSA) is 17.1 Å². The summed E-state index contributed by atoms with van der Waals surface area (Å²) in [5.74, 6) is 0.700. The Morgan fingerprint density at radius 2 is 1.88 bits per heavy atom. The minimum atomic E-state index is 0.208. The molecule has 2 heteroatoms. The summed E-state index contributed by atoms with van der Waals surface area (Å²) in [7, 11) is 0. The Labute approximate surface area is 103 Å². The molecule has 0 saturated carbocycles. The second kappa shape index (κ2) is 6.05. The van der Waals surface area contributed by atoms with Gasteiger partial charge >= 0.3 is 0 Å². The molecule has 0 atom stereocenters. The van der Waals surface area contributed by atoms with Gasteiger partial charge < -0.3 is 0 Å². The standard InChI is InChI=1S/C14H19ClO/c1-4-11(5-2)8-14(16)12-6-10(3)7-13(15)9-12/h6-7,9,11H,4-5,8H2,1-3H3. The van der Waals surface area contributed by atoms with Gasteiger partial charge in [-0.2, -0.15) is 0 Å². The molecule has 16 heavy (non-hydrogen) atoms. The molecule has 0 aliphatic heterocycles. The Morgan fingerprint density at radius 1 is 1.25 bits per heavy atom. The lowest BCUT2D eigenvalue weighted by Gasteiger charge is -2.11. The van der Waals surface area contributed by atoms with Crippen molar-refractivity contribution in [2.45, 2.75) is 40.0 Å². The lowest BCUT2D eigenvalue weighted by Crippen LogP contribution is -2.07. The number of aryl methyl sites for hydroxylation is 1. The number of Topliss-reactive ketones (excluding diaryl/α,β-unsaturated/α-hetero) is 1. The predicted molar refractivity (Wildman–Crippen MR) is 69.2 cm³/mol. The van der Waals surface area contributed by atoms with Crippen molar-refractivity contribution in [3.05, 3.63) is 34.3 Å². The SMILES string of the molecule is CCC(CC)CC(=O)c1cc(C)cc(Cl)c1. The summed E-state index contributed by atoms with van der Waals surface area (Å²) in [5.41, 5.74) is 1.79. The van der Waals surface area contributed by atoms with E-state index in [4.69, 9.17) is 11.6 Å². The van der Waals surface area contributed by atoms with E-state index >= 15 is 0 Å². The molecule has 0 N–H and O–H groups in total. The van der Waals surface area contributed by atoms with Gasteiger partial charge in [-0.05, 0) is 36.6 Å². The summed E-state index contributed by atoms with van der Waals surface area (Å²) in [5, 5.41) is 0.646. The zero-order valence-electron chi connectivity index (χ0n) is 10.2. The van der Waals surface area contributed by atoms with Crippen molar-refractivity contribution in [1.29, 1.82) is 0 Å². The molecule has 1 aromatic rings. The molecule has 0 aromatic heterocycles. The normalized spacial score (nSPS) is 10.8. The minimum absolute atomic E-state index is 0.208. The maximum atomic E-state index is 12.0. The van der Waals surface area contributed by atoms with Crippen LogP contribution in [0.25, 0.3) is 0 Å². The number of hydrogen-bond acceptors (Lipinski definition) is 1. The molecule has 0 spiro atoms. The van der Waals surface area contributed by atoms with Gasteiger partial charge in [-0.3, -0.25) is 4.79 Å². The van der Waals surface area contributed by atoms with Crippen molar-refractivity contribution in [2.24, 2.45) is 5.92 Å². The Bertz CT molecular complexity index is 347. The van der Waals surface area contributed by atoms with E-state index in [0.29, 0.717) is 17.4 Å². The summed E-state index contributed by atoms with van der Waals surface area (Å²) in [6.07, 6.45) is 2.75. The van der Waals surface area contributed by atoms with Gasteiger partial charge in [0.1, 0.15) is 0 Å². The highest BCUT2D eigenvalue weighted by Crippen LogP contribution is 2.20. The highest BCUT2D eigenvalue weighted by atomic mass is 35.5. The molecule has 1 nitrogen and oxygen atoms in total. The maximum absolute atomic E-state index is 12.0. The lowest BCUT2D eigenvalue weighted by molar-refractivity contribution is 0.0958. The van der Waals surface area contributed by atoms with Crippen LogP contribution < -0.4 is 0 Å². The average molecular weight is 239 g/mol. The lowest BCUT2D eigenvalue weighted by atomic mass is 9.93. The van der Waals surface area contributed by atoms with Crippen molar-refractivity contribution < 1.29 is 4.79 Å². The fourth-order valence-electron chi connectivity index (χ4n) is 1.85. The molecular weight excluding hydrogens is 220 g/mol. The summed E-state index contributed by atoms with van der Waals surface area (Å²) in [4.78, 5) is 12.0. The van der Waals surface area contributed by atoms with Crippen LogP contribution in [0.4, 0.5) is 0 Å². The Hall–Kier alpha value is -0.820. The molecule has 0 aliphatic carbocycles. The van der Waals surface area contributed by atoms with E-state index in [2.05, 4.69) is 13.8 Å². The van der Waals surface area contributed by atoms with Gasteiger partial charge in [-0.15, -0.1) is 0 Å². The maximum Gasteiger partial charge on any atom is 0.163 e. The third-order valence-electron chi connectivity index (χ3n) is 2.99. The molecule has 0 amide bonds. The first-order valence-corrected chi connectivity index (χ1v) is 6.25. The van der Waals surface area contributed by atoms with Crippen LogP contribution in [-0.4, -0.2) is 5.78 Å². The van der Waals surface area contributed by atoms with Crippen LogP contribution in [0.1, 0.15) is 49.0 Å². The third-order valence-corrected chi connectivity index (χ3v) is 3.21. The average Bonchev–Trinajstić information content (AvgIpc) is 2.24. The zero-order valence-corrected chi connectivity index (χ0v) is 11.0. The molecule has 0 fully saturated rings. The van der Waals surface area contributed by atoms with E-state index in [1.54, 1.807) is 6.07 Å². The number of benzene rings is 1. The van der Waals surface area contributed by atoms with E-state index in [1.807, 2.05) is 19.1 Å². The number of rotatable bonds is 5. The van der Waals surface area contributed by atoms with Crippen LogP contribution >= 0.6 is 11.6 Å². The van der Waals surface area contributed by atoms with Crippen LogP contribution in [0.15, 0.2) is 18.2 Å². The summed E-state index contributed by atoms with van der Waals surface area (Å²) >= 11 is 5.95. The van der Waals surface area contributed by atoms with Crippen molar-refractivity contribution >= 4 is 17.4 Å². The first-order chi connectivity index (χ1) is 7.56. The fraction of sp³-hybridized carbons (Fsp3) is 0.500. The second-order valence-corrected chi connectivity index (χ2v) is 4.76. The van der Waals surface area contributed by atoms with Crippen LogP contribution in [0.5, 0.6) is 0 Å². The van der Waals surface area contributed by atoms with E-state index in [-0.39, 0.29) is 5.78 Å². The molecule has 0 unspecified atom stereocenters. The second-order valence-electron chi connectivity index (χ2n) is 4.33. The van der Waals surface area contributed by atoms with Crippen molar-refractivity contribution in [1.82, 2.24) is 0 Å². The largest absolute Gasteiger partial charge is 0.294 e. The van der Waals surface area contributed by atoms with Gasteiger partial charge in [-0.1, -0.05) is 38.3 Å². The molecule has 1 rings (SSSR count). The van der Waals surface area contributed by atoms with E-state index in [1.165, 1.54) is 0 Å². The number of halogens is 1. The van der Waals surface area contributed by atoms with Crippen LogP contribution in [0.3, 0.4) is 0 Å². The number of carbonyl (C=O) groups excluding carboxylic acids is 1. The Balaban J connectivity index is 2.80. The number of hydrogen-bond donors (Lipinski definition) is 0. The summed E-state index contributed by atoms with van der Waals surface area (Å²) in [6, 6.07) is 5.55. The fourth-order valence-corrected chi connectivity index (χ4v) is 2.14. The third kappa shape index (κ3) is 3.64. The van der Waals surface area contributed by atoms with Crippen LogP contribution in [-0.2, 0) is 0 Å². The van der Waals surface area contributed by atoms with Gasteiger partial charge in [0.2, 0.25) is 0 Å². The zero-order chi connectivity index (χ0) is 12.1. The van der Waals surface area contributed by atoms with Crippen molar-refractivity contribution in [3.8, 4) is 0 Å². The summed E-state index contributed by atoms with van der Waals surface area (Å²) < 4.78 is 0. The smallest absolute Gasteiger partial charge is 0.163 e. The molecule has 0 bridgehead atoms. The van der Waals surface area contributed by atoms with Gasteiger partial charge in [0.25, 0.3) is 0 Å². The predicted octanol–water partition coefficient (Wildman–Crippen LogP) is 4.66. The monoisotopic (exact) mass is 238 g/mol.